The van der Waals surface area contributed by atoms with Gasteiger partial charge in [0, 0.05) is 50.4 Å². The first-order valence-corrected chi connectivity index (χ1v) is 11.2. The number of alkyl halides is 1. The van der Waals surface area contributed by atoms with Crippen molar-refractivity contribution in [3.05, 3.63) is 67.7 Å². The number of piperazine rings is 1. The Morgan fingerprint density at radius 2 is 1.88 bits per heavy atom. The third-order valence-corrected chi connectivity index (χ3v) is 6.24. The van der Waals surface area contributed by atoms with Gasteiger partial charge in [0.1, 0.15) is 17.1 Å². The first kappa shape index (κ1) is 23.8. The Bertz CT molecular complexity index is 1380. The Hall–Kier alpha value is -3.37. The lowest BCUT2D eigenvalue weighted by molar-refractivity contribution is 0.0695. The summed E-state index contributed by atoms with van der Waals surface area (Å²) in [5, 5.41) is 19.4. The van der Waals surface area contributed by atoms with Gasteiger partial charge in [-0.1, -0.05) is 0 Å². The second kappa shape index (κ2) is 9.47. The van der Waals surface area contributed by atoms with Crippen LogP contribution in [0.5, 0.6) is 5.75 Å². The van der Waals surface area contributed by atoms with E-state index in [1.54, 1.807) is 10.6 Å². The molecule has 3 heterocycles. The molecule has 180 valence electrons. The summed E-state index contributed by atoms with van der Waals surface area (Å²) in [5.74, 6) is -2.00. The zero-order valence-electron chi connectivity index (χ0n) is 18.4. The molecule has 1 fully saturated rings. The zero-order valence-corrected chi connectivity index (χ0v) is 19.1. The van der Waals surface area contributed by atoms with Crippen LogP contribution in [0.4, 0.5) is 10.1 Å². The summed E-state index contributed by atoms with van der Waals surface area (Å²) >= 11 is 5.74. The number of rotatable bonds is 6. The first-order chi connectivity index (χ1) is 16.2. The van der Waals surface area contributed by atoms with E-state index in [1.807, 2.05) is 16.7 Å². The average Bonchev–Trinajstić information content (AvgIpc) is 2.82. The smallest absolute Gasteiger partial charge is 0.341 e. The predicted octanol–water partition coefficient (Wildman–Crippen LogP) is 2.58. The van der Waals surface area contributed by atoms with Crippen molar-refractivity contribution in [3.8, 4) is 5.75 Å². The van der Waals surface area contributed by atoms with E-state index in [2.05, 4.69) is 0 Å². The molecule has 1 aliphatic heterocycles. The molecular weight excluding hydrogens is 469 g/mol. The van der Waals surface area contributed by atoms with Gasteiger partial charge in [-0.15, -0.1) is 11.6 Å². The van der Waals surface area contributed by atoms with Gasteiger partial charge in [-0.3, -0.25) is 14.5 Å². The van der Waals surface area contributed by atoms with Crippen LogP contribution in [-0.2, 0) is 19.0 Å². The topological polar surface area (TPSA) is 116 Å². The number of carbonyl (C=O) groups is 1. The minimum absolute atomic E-state index is 0.00826. The molecule has 3 aromatic rings. The van der Waals surface area contributed by atoms with Gasteiger partial charge in [0.2, 0.25) is 16.6 Å². The molecule has 0 bridgehead atoms. The molecule has 0 unspecified atom stereocenters. The summed E-state index contributed by atoms with van der Waals surface area (Å²) in [6.07, 6.45) is 1.28. The number of aryl methyl sites for hydroxylation is 1. The normalized spacial score (nSPS) is 14.6. The summed E-state index contributed by atoms with van der Waals surface area (Å²) in [6.45, 7) is 4.33. The fraction of sp³-hybridized carbons (Fsp3) is 0.348. The van der Waals surface area contributed by atoms with Gasteiger partial charge in [0.05, 0.1) is 23.6 Å². The quantitative estimate of drug-likeness (QED) is 0.505. The van der Waals surface area contributed by atoms with Crippen LogP contribution in [0.15, 0.2) is 38.4 Å². The Labute approximate surface area is 198 Å². The monoisotopic (exact) mass is 491 g/mol. The summed E-state index contributed by atoms with van der Waals surface area (Å²) in [6, 6.07) is 3.83. The van der Waals surface area contributed by atoms with Crippen molar-refractivity contribution >= 4 is 34.2 Å². The van der Waals surface area contributed by atoms with Crippen LogP contribution in [-0.4, -0.2) is 51.8 Å². The van der Waals surface area contributed by atoms with Crippen molar-refractivity contribution in [1.82, 2.24) is 9.47 Å². The van der Waals surface area contributed by atoms with E-state index in [4.69, 9.17) is 16.0 Å². The molecule has 0 saturated carbocycles. The Balaban J connectivity index is 1.58. The van der Waals surface area contributed by atoms with Crippen LogP contribution in [0.25, 0.3) is 10.9 Å². The molecule has 0 spiro atoms. The minimum atomic E-state index is -1.35. The van der Waals surface area contributed by atoms with Crippen LogP contribution in [0, 0.1) is 5.82 Å². The van der Waals surface area contributed by atoms with Gasteiger partial charge in [-0.05, 0) is 19.1 Å². The van der Waals surface area contributed by atoms with Gasteiger partial charge in [0.15, 0.2) is 5.76 Å². The van der Waals surface area contributed by atoms with E-state index in [1.165, 1.54) is 6.20 Å². The molecule has 2 N–H and O–H groups in total. The number of hydrogen-bond acceptors (Lipinski definition) is 7. The number of anilines is 1. The number of benzene rings is 1. The third kappa shape index (κ3) is 4.38. The molecule has 34 heavy (non-hydrogen) atoms. The fourth-order valence-corrected chi connectivity index (χ4v) is 4.30. The van der Waals surface area contributed by atoms with Crippen molar-refractivity contribution in [2.24, 2.45) is 0 Å². The maximum absolute atomic E-state index is 15.0. The minimum Gasteiger partial charge on any atom is -0.502 e. The fourth-order valence-electron chi connectivity index (χ4n) is 4.17. The van der Waals surface area contributed by atoms with Crippen molar-refractivity contribution in [3.63, 3.8) is 0 Å². The molecule has 4 rings (SSSR count). The Morgan fingerprint density at radius 1 is 1.18 bits per heavy atom. The van der Waals surface area contributed by atoms with Crippen molar-refractivity contribution < 1.29 is 23.8 Å². The molecule has 1 aliphatic rings. The van der Waals surface area contributed by atoms with E-state index in [-0.39, 0.29) is 29.3 Å². The maximum atomic E-state index is 15.0. The van der Waals surface area contributed by atoms with Crippen LogP contribution >= 0.6 is 11.6 Å². The second-order valence-electron chi connectivity index (χ2n) is 8.03. The van der Waals surface area contributed by atoms with Crippen molar-refractivity contribution in [2.45, 2.75) is 25.9 Å². The largest absolute Gasteiger partial charge is 0.502 e. The van der Waals surface area contributed by atoms with Gasteiger partial charge >= 0.3 is 5.97 Å². The molecule has 0 atom stereocenters. The lowest BCUT2D eigenvalue weighted by Crippen LogP contribution is -2.46. The van der Waals surface area contributed by atoms with Gasteiger partial charge in [-0.25, -0.2) is 9.18 Å². The molecule has 9 nitrogen and oxygen atoms in total. The number of aromatic hydroxyl groups is 1. The van der Waals surface area contributed by atoms with Crippen molar-refractivity contribution in [2.75, 3.05) is 31.1 Å². The lowest BCUT2D eigenvalue weighted by atomic mass is 10.1. The highest BCUT2D eigenvalue weighted by molar-refractivity contribution is 6.16. The zero-order chi connectivity index (χ0) is 24.6. The SMILES string of the molecule is CCn1cc(C(=O)O)c(=O)c2cc(F)c(N3CCN(Cc4oc(CCl)cc(=O)c4O)CC3)cc21. The summed E-state index contributed by atoms with van der Waals surface area (Å²) < 4.78 is 22.2. The molecule has 11 heteroatoms. The number of carboxylic acid groups (broad SMARTS) is 1. The summed E-state index contributed by atoms with van der Waals surface area (Å²) in [4.78, 5) is 39.6. The van der Waals surface area contributed by atoms with E-state index in [9.17, 15) is 24.6 Å². The molecule has 2 aromatic heterocycles. The van der Waals surface area contributed by atoms with E-state index >= 15 is 4.39 Å². The van der Waals surface area contributed by atoms with Crippen LogP contribution in [0.1, 0.15) is 28.8 Å². The Morgan fingerprint density at radius 3 is 2.50 bits per heavy atom. The van der Waals surface area contributed by atoms with Gasteiger partial charge < -0.3 is 24.1 Å². The number of fused-ring (bicyclic) bond motifs is 1. The van der Waals surface area contributed by atoms with Crippen LogP contribution in [0.3, 0.4) is 0 Å². The number of aromatic nitrogens is 1. The molecular formula is C23H23ClFN3O6. The highest BCUT2D eigenvalue weighted by Gasteiger charge is 2.24. The number of nitrogens with zero attached hydrogens (tertiary/aromatic N) is 3. The Kier molecular flexibility index (Phi) is 6.63. The highest BCUT2D eigenvalue weighted by Crippen LogP contribution is 2.27. The average molecular weight is 492 g/mol. The summed E-state index contributed by atoms with van der Waals surface area (Å²) in [5.41, 5.74) is -0.899. The predicted molar refractivity (Wildman–Crippen MR) is 124 cm³/mol. The van der Waals surface area contributed by atoms with E-state index in [0.717, 1.165) is 12.1 Å². The van der Waals surface area contributed by atoms with Gasteiger partial charge in [0.25, 0.3) is 0 Å². The number of hydrogen-bond donors (Lipinski definition) is 2. The maximum Gasteiger partial charge on any atom is 0.341 e. The first-order valence-electron chi connectivity index (χ1n) is 10.7. The number of carboxylic acids is 1. The molecule has 0 radical (unpaired) electrons. The molecule has 1 aromatic carbocycles. The van der Waals surface area contributed by atoms with Crippen LogP contribution < -0.4 is 15.8 Å². The van der Waals surface area contributed by atoms with E-state index in [0.29, 0.717) is 43.9 Å². The number of aromatic carboxylic acids is 1. The summed E-state index contributed by atoms with van der Waals surface area (Å²) in [7, 11) is 0. The second-order valence-corrected chi connectivity index (χ2v) is 8.30. The van der Waals surface area contributed by atoms with Gasteiger partial charge in [-0.2, -0.15) is 0 Å². The van der Waals surface area contributed by atoms with Crippen LogP contribution in [0.2, 0.25) is 0 Å². The molecule has 0 aliphatic carbocycles. The van der Waals surface area contributed by atoms with E-state index < -0.39 is 34.0 Å². The third-order valence-electron chi connectivity index (χ3n) is 5.98. The number of halogens is 2. The molecule has 1 saturated heterocycles. The highest BCUT2D eigenvalue weighted by atomic mass is 35.5. The molecule has 0 amide bonds. The standard InChI is InChI=1S/C23H23ClFN3O6/c1-2-27-11-15(23(32)33)21(30)14-8-16(25)18(9-17(14)27)28-5-3-26(4-6-28)12-20-22(31)19(29)7-13(10-24)34-20/h7-9,11,31H,2-6,10,12H2,1H3,(H,32,33). The number of pyridine rings is 1. The lowest BCUT2D eigenvalue weighted by Gasteiger charge is -2.36. The van der Waals surface area contributed by atoms with Crippen molar-refractivity contribution in [1.29, 1.82) is 0 Å².